The van der Waals surface area contributed by atoms with Crippen LogP contribution in [-0.2, 0) is 0 Å². The molecule has 48 valence electrons. The Bertz CT molecular complexity index is 76.5. The zero-order chi connectivity index (χ0) is 6.41. The molecule has 0 bridgehead atoms. The fraction of sp³-hybridized carbons (Fsp3) is 0.600. The highest BCUT2D eigenvalue weighted by atomic mass is 19.3. The molecule has 3 heteroatoms. The molecule has 0 rings (SSSR count). The van der Waals surface area contributed by atoms with Crippen LogP contribution >= 0.6 is 0 Å². The highest BCUT2D eigenvalue weighted by Crippen LogP contribution is 1.92. The van der Waals surface area contributed by atoms with Gasteiger partial charge in [-0.25, -0.2) is 0 Å². The summed E-state index contributed by atoms with van der Waals surface area (Å²) < 4.78 is 22.4. The summed E-state index contributed by atoms with van der Waals surface area (Å²) in [6, 6.07) is 0. The first-order chi connectivity index (χ1) is 3.77. The standard InChI is InChI=1S/C5H9F2N/c1-2-8-4-3-5(6)7/h3,8H,2,4H2,1H3. The minimum atomic E-state index is -1.62. The molecule has 1 N–H and O–H groups in total. The van der Waals surface area contributed by atoms with Crippen molar-refractivity contribution in [3.05, 3.63) is 12.2 Å². The topological polar surface area (TPSA) is 12.0 Å². The summed E-state index contributed by atoms with van der Waals surface area (Å²) >= 11 is 0. The van der Waals surface area contributed by atoms with Gasteiger partial charge in [-0.3, -0.25) is 0 Å². The molecule has 0 saturated carbocycles. The molecular formula is C5H9F2N. The first-order valence-corrected chi connectivity index (χ1v) is 2.49. The van der Waals surface area contributed by atoms with Crippen molar-refractivity contribution in [2.75, 3.05) is 13.1 Å². The molecule has 0 aromatic heterocycles. The van der Waals surface area contributed by atoms with E-state index < -0.39 is 6.08 Å². The third kappa shape index (κ3) is 5.56. The predicted octanol–water partition coefficient (Wildman–Crippen LogP) is 1.38. The Kier molecular flexibility index (Phi) is 4.45. The van der Waals surface area contributed by atoms with Crippen LogP contribution in [0.1, 0.15) is 6.92 Å². The summed E-state index contributed by atoms with van der Waals surface area (Å²) in [6.07, 6.45) is -0.769. The van der Waals surface area contributed by atoms with Crippen LogP contribution in [0.15, 0.2) is 12.2 Å². The summed E-state index contributed by atoms with van der Waals surface area (Å²) in [5.74, 6) is 0. The van der Waals surface area contributed by atoms with Gasteiger partial charge in [0.2, 0.25) is 0 Å². The Labute approximate surface area is 47.4 Å². The second-order valence-electron chi connectivity index (χ2n) is 1.30. The smallest absolute Gasteiger partial charge is 0.267 e. The van der Waals surface area contributed by atoms with Crippen LogP contribution in [0.5, 0.6) is 0 Å². The van der Waals surface area contributed by atoms with E-state index in [4.69, 9.17) is 0 Å². The third-order valence-electron chi connectivity index (χ3n) is 0.651. The van der Waals surface area contributed by atoms with E-state index in [9.17, 15) is 8.78 Å². The summed E-state index contributed by atoms with van der Waals surface area (Å²) in [5.41, 5.74) is 0. The summed E-state index contributed by atoms with van der Waals surface area (Å²) in [4.78, 5) is 0. The van der Waals surface area contributed by atoms with Crippen molar-refractivity contribution in [3.8, 4) is 0 Å². The lowest BCUT2D eigenvalue weighted by Gasteiger charge is -1.89. The monoisotopic (exact) mass is 121 g/mol. The van der Waals surface area contributed by atoms with Crippen molar-refractivity contribution in [3.63, 3.8) is 0 Å². The number of hydrogen-bond acceptors (Lipinski definition) is 1. The Morgan fingerprint density at radius 2 is 2.25 bits per heavy atom. The zero-order valence-corrected chi connectivity index (χ0v) is 4.75. The highest BCUT2D eigenvalue weighted by Gasteiger charge is 1.83. The zero-order valence-electron chi connectivity index (χ0n) is 4.75. The van der Waals surface area contributed by atoms with Crippen molar-refractivity contribution >= 4 is 0 Å². The number of halogens is 2. The molecule has 0 atom stereocenters. The van der Waals surface area contributed by atoms with Gasteiger partial charge in [-0.1, -0.05) is 6.92 Å². The summed E-state index contributed by atoms with van der Waals surface area (Å²) in [5, 5.41) is 2.72. The predicted molar refractivity (Wildman–Crippen MR) is 28.8 cm³/mol. The molecular weight excluding hydrogens is 112 g/mol. The van der Waals surface area contributed by atoms with Gasteiger partial charge in [-0.05, 0) is 12.6 Å². The molecule has 1 nitrogen and oxygen atoms in total. The van der Waals surface area contributed by atoms with E-state index in [1.54, 1.807) is 0 Å². The average molecular weight is 121 g/mol. The minimum Gasteiger partial charge on any atom is -0.313 e. The molecule has 0 heterocycles. The normalized spacial score (nSPS) is 8.88. The van der Waals surface area contributed by atoms with Gasteiger partial charge in [0, 0.05) is 6.54 Å². The quantitative estimate of drug-likeness (QED) is 0.556. The number of hydrogen-bond donors (Lipinski definition) is 1. The number of nitrogens with one attached hydrogen (secondary N) is 1. The molecule has 0 radical (unpaired) electrons. The molecule has 0 aliphatic carbocycles. The van der Waals surface area contributed by atoms with Gasteiger partial charge in [0.1, 0.15) is 0 Å². The molecule has 0 aromatic rings. The Hall–Kier alpha value is -0.440. The van der Waals surface area contributed by atoms with E-state index in [0.29, 0.717) is 0 Å². The van der Waals surface area contributed by atoms with Crippen molar-refractivity contribution in [2.24, 2.45) is 0 Å². The van der Waals surface area contributed by atoms with Gasteiger partial charge in [-0.2, -0.15) is 8.78 Å². The molecule has 0 aliphatic heterocycles. The molecule has 0 aromatic carbocycles. The van der Waals surface area contributed by atoms with Crippen molar-refractivity contribution in [1.82, 2.24) is 5.32 Å². The average Bonchev–Trinajstić information content (AvgIpc) is 1.66. The Morgan fingerprint density at radius 3 is 2.62 bits per heavy atom. The Morgan fingerprint density at radius 1 is 1.62 bits per heavy atom. The van der Waals surface area contributed by atoms with E-state index in [1.165, 1.54) is 0 Å². The maximum Gasteiger partial charge on any atom is 0.267 e. The highest BCUT2D eigenvalue weighted by molar-refractivity contribution is 4.81. The van der Waals surface area contributed by atoms with Gasteiger partial charge in [0.15, 0.2) is 0 Å². The van der Waals surface area contributed by atoms with Crippen LogP contribution in [0.25, 0.3) is 0 Å². The van der Waals surface area contributed by atoms with Crippen molar-refractivity contribution in [1.29, 1.82) is 0 Å². The van der Waals surface area contributed by atoms with Crippen LogP contribution in [0.3, 0.4) is 0 Å². The summed E-state index contributed by atoms with van der Waals surface area (Å²) in [7, 11) is 0. The van der Waals surface area contributed by atoms with Crippen LogP contribution in [-0.4, -0.2) is 13.1 Å². The molecule has 0 fully saturated rings. The van der Waals surface area contributed by atoms with Crippen LogP contribution in [0, 0.1) is 0 Å². The largest absolute Gasteiger partial charge is 0.313 e. The fourth-order valence-electron chi connectivity index (χ4n) is 0.294. The molecule has 8 heavy (non-hydrogen) atoms. The molecule has 0 unspecified atom stereocenters. The second kappa shape index (κ2) is 4.71. The Balaban J connectivity index is 3.03. The lowest BCUT2D eigenvalue weighted by atomic mass is 10.6. The van der Waals surface area contributed by atoms with E-state index in [0.717, 1.165) is 12.6 Å². The van der Waals surface area contributed by atoms with Crippen molar-refractivity contribution < 1.29 is 8.78 Å². The van der Waals surface area contributed by atoms with Crippen LogP contribution in [0.2, 0.25) is 0 Å². The van der Waals surface area contributed by atoms with Gasteiger partial charge in [0.25, 0.3) is 6.08 Å². The van der Waals surface area contributed by atoms with E-state index in [2.05, 4.69) is 5.32 Å². The summed E-state index contributed by atoms with van der Waals surface area (Å²) in [6.45, 7) is 2.85. The lowest BCUT2D eigenvalue weighted by molar-refractivity contribution is 0.417. The third-order valence-corrected chi connectivity index (χ3v) is 0.651. The first-order valence-electron chi connectivity index (χ1n) is 2.49. The maximum absolute atomic E-state index is 11.2. The number of rotatable bonds is 3. The first kappa shape index (κ1) is 7.56. The molecule has 0 saturated heterocycles. The van der Waals surface area contributed by atoms with Crippen LogP contribution in [0.4, 0.5) is 8.78 Å². The maximum atomic E-state index is 11.2. The van der Waals surface area contributed by atoms with Gasteiger partial charge in [0.05, 0.1) is 0 Å². The number of likely N-dealkylation sites (N-methyl/N-ethyl adjacent to an activating group) is 1. The van der Waals surface area contributed by atoms with E-state index in [-0.39, 0.29) is 6.54 Å². The van der Waals surface area contributed by atoms with E-state index in [1.807, 2.05) is 6.92 Å². The lowest BCUT2D eigenvalue weighted by Crippen LogP contribution is -2.11. The van der Waals surface area contributed by atoms with Crippen molar-refractivity contribution in [2.45, 2.75) is 6.92 Å². The van der Waals surface area contributed by atoms with Gasteiger partial charge < -0.3 is 5.32 Å². The van der Waals surface area contributed by atoms with Gasteiger partial charge in [-0.15, -0.1) is 0 Å². The SMILES string of the molecule is CCNCC=C(F)F. The fourth-order valence-corrected chi connectivity index (χ4v) is 0.294. The molecule has 0 amide bonds. The molecule has 0 aliphatic rings. The van der Waals surface area contributed by atoms with E-state index >= 15 is 0 Å². The second-order valence-corrected chi connectivity index (χ2v) is 1.30. The minimum absolute atomic E-state index is 0.263. The molecule has 0 spiro atoms. The van der Waals surface area contributed by atoms with Gasteiger partial charge >= 0.3 is 0 Å². The van der Waals surface area contributed by atoms with Crippen LogP contribution < -0.4 is 5.32 Å².